The maximum atomic E-state index is 6.13. The molecule has 0 bridgehead atoms. The summed E-state index contributed by atoms with van der Waals surface area (Å²) in [5.41, 5.74) is 7.59. The summed E-state index contributed by atoms with van der Waals surface area (Å²) in [6.07, 6.45) is 0. The van der Waals surface area contributed by atoms with Crippen LogP contribution in [0.4, 0.5) is 5.82 Å². The highest BCUT2D eigenvalue weighted by molar-refractivity contribution is 6.32. The Morgan fingerprint density at radius 3 is 2.65 bits per heavy atom. The average molecular weight is 286 g/mol. The van der Waals surface area contributed by atoms with Crippen LogP contribution in [0.5, 0.6) is 5.75 Å². The summed E-state index contributed by atoms with van der Waals surface area (Å²) in [6, 6.07) is 13.0. The van der Waals surface area contributed by atoms with Crippen LogP contribution in [0.25, 0.3) is 22.3 Å². The van der Waals surface area contributed by atoms with E-state index in [1.165, 1.54) is 0 Å². The Kier molecular flexibility index (Phi) is 3.16. The van der Waals surface area contributed by atoms with Gasteiger partial charge in [0.2, 0.25) is 0 Å². The van der Waals surface area contributed by atoms with Gasteiger partial charge in [-0.2, -0.15) is 0 Å². The minimum Gasteiger partial charge on any atom is -0.495 e. The molecular weight excluding hydrogens is 274 g/mol. The van der Waals surface area contributed by atoms with Crippen LogP contribution in [-0.2, 0) is 0 Å². The Morgan fingerprint density at radius 1 is 1.10 bits per heavy atom. The zero-order chi connectivity index (χ0) is 14.1. The summed E-state index contributed by atoms with van der Waals surface area (Å²) >= 11 is 6.13. The van der Waals surface area contributed by atoms with Crippen LogP contribution < -0.4 is 10.5 Å². The number of ether oxygens (including phenoxy) is 1. The summed E-state index contributed by atoms with van der Waals surface area (Å²) in [6.45, 7) is 0. The third-order valence-corrected chi connectivity index (χ3v) is 3.34. The second kappa shape index (κ2) is 4.98. The molecule has 3 aromatic rings. The van der Waals surface area contributed by atoms with Crippen LogP contribution in [-0.4, -0.2) is 17.1 Å². The molecule has 3 rings (SSSR count). The number of aromatic nitrogens is 2. The maximum absolute atomic E-state index is 6.13. The first-order chi connectivity index (χ1) is 9.69. The van der Waals surface area contributed by atoms with Crippen LogP contribution in [0.3, 0.4) is 0 Å². The standard InChI is InChI=1S/C15H12ClN3O/c1-20-13-7-6-9(8-11(13)16)15-18-12-5-3-2-4-10(12)14(17)19-15/h2-8H,1H3,(H2,17,18,19). The molecule has 0 saturated heterocycles. The highest BCUT2D eigenvalue weighted by atomic mass is 35.5. The molecule has 0 aliphatic rings. The van der Waals surface area contributed by atoms with Gasteiger partial charge in [0.1, 0.15) is 11.6 Å². The van der Waals surface area contributed by atoms with Gasteiger partial charge in [0.25, 0.3) is 0 Å². The number of methoxy groups -OCH3 is 1. The van der Waals surface area contributed by atoms with Gasteiger partial charge >= 0.3 is 0 Å². The maximum Gasteiger partial charge on any atom is 0.162 e. The lowest BCUT2D eigenvalue weighted by atomic mass is 10.1. The normalized spacial score (nSPS) is 10.7. The molecule has 4 nitrogen and oxygen atoms in total. The number of rotatable bonds is 2. The van der Waals surface area contributed by atoms with E-state index >= 15 is 0 Å². The third-order valence-electron chi connectivity index (χ3n) is 3.04. The fourth-order valence-electron chi connectivity index (χ4n) is 2.04. The molecule has 0 unspecified atom stereocenters. The Hall–Kier alpha value is -2.33. The van der Waals surface area contributed by atoms with E-state index in [1.54, 1.807) is 19.2 Å². The molecule has 2 aromatic carbocycles. The summed E-state index contributed by atoms with van der Waals surface area (Å²) < 4.78 is 5.13. The SMILES string of the molecule is COc1ccc(-c2nc(N)c3ccccc3n2)cc1Cl. The summed E-state index contributed by atoms with van der Waals surface area (Å²) in [5.74, 6) is 1.62. The Bertz CT molecular complexity index is 789. The second-order valence-electron chi connectivity index (χ2n) is 4.30. The van der Waals surface area contributed by atoms with Crippen LogP contribution in [0, 0.1) is 0 Å². The van der Waals surface area contributed by atoms with Gasteiger partial charge in [-0.25, -0.2) is 9.97 Å². The number of anilines is 1. The topological polar surface area (TPSA) is 61.0 Å². The quantitative estimate of drug-likeness (QED) is 0.782. The van der Waals surface area contributed by atoms with Crippen molar-refractivity contribution >= 4 is 28.3 Å². The lowest BCUT2D eigenvalue weighted by molar-refractivity contribution is 0.415. The number of hydrogen-bond donors (Lipinski definition) is 1. The van der Waals surface area contributed by atoms with Crippen molar-refractivity contribution in [3.8, 4) is 17.1 Å². The number of hydrogen-bond acceptors (Lipinski definition) is 4. The molecule has 2 N–H and O–H groups in total. The van der Waals surface area contributed by atoms with Gasteiger partial charge in [0.15, 0.2) is 5.82 Å². The minimum atomic E-state index is 0.456. The molecular formula is C15H12ClN3O. The minimum absolute atomic E-state index is 0.456. The van der Waals surface area contributed by atoms with E-state index in [-0.39, 0.29) is 0 Å². The summed E-state index contributed by atoms with van der Waals surface area (Å²) in [4.78, 5) is 8.85. The van der Waals surface area contributed by atoms with Gasteiger partial charge in [-0.15, -0.1) is 0 Å². The molecule has 0 fully saturated rings. The van der Waals surface area contributed by atoms with Gasteiger partial charge < -0.3 is 10.5 Å². The van der Waals surface area contributed by atoms with Crippen molar-refractivity contribution in [1.82, 2.24) is 9.97 Å². The molecule has 1 aromatic heterocycles. The fraction of sp³-hybridized carbons (Fsp3) is 0.0667. The number of benzene rings is 2. The van der Waals surface area contributed by atoms with Crippen LogP contribution in [0.2, 0.25) is 5.02 Å². The molecule has 0 amide bonds. The van der Waals surface area contributed by atoms with Gasteiger partial charge in [0.05, 0.1) is 17.6 Å². The molecule has 0 aliphatic carbocycles. The number of nitrogen functional groups attached to an aromatic ring is 1. The molecule has 0 spiro atoms. The number of halogens is 1. The van der Waals surface area contributed by atoms with Crippen LogP contribution >= 0.6 is 11.6 Å². The molecule has 0 atom stereocenters. The van der Waals surface area contributed by atoms with E-state index < -0.39 is 0 Å². The summed E-state index contributed by atoms with van der Waals surface area (Å²) in [7, 11) is 1.57. The fourth-order valence-corrected chi connectivity index (χ4v) is 2.29. The Balaban J connectivity index is 2.17. The Morgan fingerprint density at radius 2 is 1.90 bits per heavy atom. The van der Waals surface area contributed by atoms with Crippen molar-refractivity contribution in [3.05, 3.63) is 47.5 Å². The van der Waals surface area contributed by atoms with Gasteiger partial charge in [-0.05, 0) is 30.3 Å². The van der Waals surface area contributed by atoms with Crippen molar-refractivity contribution in [2.75, 3.05) is 12.8 Å². The summed E-state index contributed by atoms with van der Waals surface area (Å²) in [5, 5.41) is 1.36. The number of para-hydroxylation sites is 1. The smallest absolute Gasteiger partial charge is 0.162 e. The van der Waals surface area contributed by atoms with Gasteiger partial charge in [-0.1, -0.05) is 23.7 Å². The average Bonchev–Trinajstić information content (AvgIpc) is 2.47. The van der Waals surface area contributed by atoms with E-state index in [1.807, 2.05) is 30.3 Å². The van der Waals surface area contributed by atoms with Crippen molar-refractivity contribution in [2.45, 2.75) is 0 Å². The first-order valence-corrected chi connectivity index (χ1v) is 6.43. The van der Waals surface area contributed by atoms with Gasteiger partial charge in [0, 0.05) is 10.9 Å². The zero-order valence-electron chi connectivity index (χ0n) is 10.8. The third kappa shape index (κ3) is 2.14. The highest BCUT2D eigenvalue weighted by Gasteiger charge is 2.09. The van der Waals surface area contributed by atoms with E-state index in [9.17, 15) is 0 Å². The molecule has 0 radical (unpaired) electrons. The van der Waals surface area contributed by atoms with Crippen molar-refractivity contribution in [3.63, 3.8) is 0 Å². The first kappa shape index (κ1) is 12.7. The lowest BCUT2D eigenvalue weighted by Crippen LogP contribution is -1.97. The monoisotopic (exact) mass is 285 g/mol. The van der Waals surface area contributed by atoms with Crippen LogP contribution in [0.1, 0.15) is 0 Å². The highest BCUT2D eigenvalue weighted by Crippen LogP contribution is 2.30. The van der Waals surface area contributed by atoms with E-state index in [0.29, 0.717) is 22.4 Å². The van der Waals surface area contributed by atoms with Crippen molar-refractivity contribution in [2.24, 2.45) is 0 Å². The molecule has 1 heterocycles. The predicted molar refractivity (Wildman–Crippen MR) is 80.9 cm³/mol. The van der Waals surface area contributed by atoms with Crippen molar-refractivity contribution in [1.29, 1.82) is 0 Å². The lowest BCUT2D eigenvalue weighted by Gasteiger charge is -2.07. The predicted octanol–water partition coefficient (Wildman–Crippen LogP) is 3.54. The molecule has 100 valence electrons. The van der Waals surface area contributed by atoms with E-state index in [4.69, 9.17) is 22.1 Å². The van der Waals surface area contributed by atoms with E-state index in [2.05, 4.69) is 9.97 Å². The van der Waals surface area contributed by atoms with E-state index in [0.717, 1.165) is 16.5 Å². The first-order valence-electron chi connectivity index (χ1n) is 6.05. The number of nitrogens with zero attached hydrogens (tertiary/aromatic N) is 2. The number of fused-ring (bicyclic) bond motifs is 1. The Labute approximate surface area is 121 Å². The van der Waals surface area contributed by atoms with Crippen molar-refractivity contribution < 1.29 is 4.74 Å². The van der Waals surface area contributed by atoms with Gasteiger partial charge in [-0.3, -0.25) is 0 Å². The van der Waals surface area contributed by atoms with Crippen LogP contribution in [0.15, 0.2) is 42.5 Å². The zero-order valence-corrected chi connectivity index (χ0v) is 11.6. The second-order valence-corrected chi connectivity index (χ2v) is 4.71. The largest absolute Gasteiger partial charge is 0.495 e. The molecule has 0 saturated carbocycles. The molecule has 0 aliphatic heterocycles. The molecule has 20 heavy (non-hydrogen) atoms. The molecule has 5 heteroatoms. The number of nitrogens with two attached hydrogens (primary N) is 1.